The van der Waals surface area contributed by atoms with Crippen LogP contribution in [0.15, 0.2) is 168 Å². The second kappa shape index (κ2) is 12.7. The highest BCUT2D eigenvalue weighted by atomic mass is 16.3. The molecule has 0 amide bonds. The molecule has 0 radical (unpaired) electrons. The number of rotatable bonds is 5. The summed E-state index contributed by atoms with van der Waals surface area (Å²) < 4.78 is 6.23. The number of fused-ring (bicyclic) bond motifs is 8. The molecule has 9 aromatic rings. The molecule has 1 fully saturated rings. The Morgan fingerprint density at radius 2 is 0.982 bits per heavy atom. The zero-order chi connectivity index (χ0) is 36.3. The van der Waals surface area contributed by atoms with Crippen molar-refractivity contribution in [2.75, 3.05) is 0 Å². The van der Waals surface area contributed by atoms with Gasteiger partial charge in [-0.1, -0.05) is 165 Å². The lowest BCUT2D eigenvalue weighted by Gasteiger charge is -2.37. The summed E-state index contributed by atoms with van der Waals surface area (Å²) in [6.07, 6.45) is 6.31. The van der Waals surface area contributed by atoms with Gasteiger partial charge in [-0.25, -0.2) is 15.0 Å². The van der Waals surface area contributed by atoms with E-state index in [4.69, 9.17) is 19.4 Å². The molecule has 0 N–H and O–H groups in total. The van der Waals surface area contributed by atoms with Gasteiger partial charge in [0.15, 0.2) is 17.5 Å². The van der Waals surface area contributed by atoms with Gasteiger partial charge < -0.3 is 4.42 Å². The van der Waals surface area contributed by atoms with Gasteiger partial charge >= 0.3 is 0 Å². The zero-order valence-corrected chi connectivity index (χ0v) is 30.4. The van der Waals surface area contributed by atoms with Crippen molar-refractivity contribution in [2.24, 2.45) is 0 Å². The summed E-state index contributed by atoms with van der Waals surface area (Å²) in [4.78, 5) is 15.2. The minimum Gasteiger partial charge on any atom is -0.456 e. The van der Waals surface area contributed by atoms with Crippen molar-refractivity contribution in [1.82, 2.24) is 15.0 Å². The van der Waals surface area contributed by atoms with E-state index in [1.807, 2.05) is 60.7 Å². The Kier molecular flexibility index (Phi) is 7.38. The number of hydrogen-bond donors (Lipinski definition) is 0. The standard InChI is InChI=1S/C51H37N3O/c1-3-14-34(15-4-1)48-52-49(54-50(53-48)42-22-13-25-45-46(42)41-19-6-8-24-44(41)55-45)35-28-26-33(27-29-35)36-16-11-17-37(32-36)38-20-12-21-40-39-18-5-7-23-43(39)51(47(38)40)30-9-2-10-31-51/h1,3-8,11-29,32H,2,9-10,30-31H2. The first kappa shape index (κ1) is 31.8. The smallest absolute Gasteiger partial charge is 0.164 e. The Balaban J connectivity index is 0.993. The molecular weight excluding hydrogens is 671 g/mol. The predicted octanol–water partition coefficient (Wildman–Crippen LogP) is 13.3. The fourth-order valence-electron chi connectivity index (χ4n) is 9.46. The number of benzene rings is 7. The minimum absolute atomic E-state index is 0.0939. The molecule has 2 aliphatic carbocycles. The van der Waals surface area contributed by atoms with E-state index in [1.54, 1.807) is 0 Å². The maximum Gasteiger partial charge on any atom is 0.164 e. The first-order chi connectivity index (χ1) is 27.2. The average Bonchev–Trinajstić information content (AvgIpc) is 3.78. The van der Waals surface area contributed by atoms with Crippen LogP contribution in [0, 0.1) is 0 Å². The van der Waals surface area contributed by atoms with Crippen LogP contribution in [0.1, 0.15) is 43.2 Å². The third kappa shape index (κ3) is 5.16. The van der Waals surface area contributed by atoms with Gasteiger partial charge in [0, 0.05) is 32.9 Å². The zero-order valence-electron chi connectivity index (χ0n) is 30.4. The van der Waals surface area contributed by atoms with E-state index in [1.165, 1.54) is 71.0 Å². The normalized spacial score (nSPS) is 14.3. The summed E-state index contributed by atoms with van der Waals surface area (Å²) in [6.45, 7) is 0. The van der Waals surface area contributed by atoms with Crippen LogP contribution in [0.3, 0.4) is 0 Å². The van der Waals surface area contributed by atoms with Crippen LogP contribution >= 0.6 is 0 Å². The highest BCUT2D eigenvalue weighted by Crippen LogP contribution is 2.58. The van der Waals surface area contributed by atoms with Crippen LogP contribution in [0.5, 0.6) is 0 Å². The maximum atomic E-state index is 6.23. The second-order valence-electron chi connectivity index (χ2n) is 15.0. The molecule has 262 valence electrons. The highest BCUT2D eigenvalue weighted by Gasteiger charge is 2.45. The molecule has 2 aromatic heterocycles. The molecule has 4 nitrogen and oxygen atoms in total. The van der Waals surface area contributed by atoms with Crippen molar-refractivity contribution in [2.45, 2.75) is 37.5 Å². The van der Waals surface area contributed by atoms with Gasteiger partial charge in [0.1, 0.15) is 11.2 Å². The van der Waals surface area contributed by atoms with Gasteiger partial charge in [0.2, 0.25) is 0 Å². The molecular formula is C51H37N3O. The fraction of sp³-hybridized carbons (Fsp3) is 0.118. The summed E-state index contributed by atoms with van der Waals surface area (Å²) in [5.74, 6) is 1.88. The molecule has 0 atom stereocenters. The lowest BCUT2D eigenvalue weighted by Crippen LogP contribution is -2.28. The number of aromatic nitrogens is 3. The van der Waals surface area contributed by atoms with Crippen molar-refractivity contribution < 1.29 is 4.42 Å². The topological polar surface area (TPSA) is 51.8 Å². The van der Waals surface area contributed by atoms with E-state index in [-0.39, 0.29) is 5.41 Å². The second-order valence-corrected chi connectivity index (χ2v) is 15.0. The molecule has 0 bridgehead atoms. The highest BCUT2D eigenvalue weighted by molar-refractivity contribution is 6.11. The number of furan rings is 1. The minimum atomic E-state index is 0.0939. The lowest BCUT2D eigenvalue weighted by atomic mass is 9.66. The number of nitrogens with zero attached hydrogens (tertiary/aromatic N) is 3. The Morgan fingerprint density at radius 3 is 1.84 bits per heavy atom. The van der Waals surface area contributed by atoms with Crippen LogP contribution in [0.25, 0.3) is 89.5 Å². The van der Waals surface area contributed by atoms with Crippen molar-refractivity contribution >= 4 is 21.9 Å². The van der Waals surface area contributed by atoms with Crippen LogP contribution < -0.4 is 0 Å². The molecule has 2 heterocycles. The molecule has 2 aliphatic rings. The van der Waals surface area contributed by atoms with Crippen LogP contribution in [-0.4, -0.2) is 15.0 Å². The Bertz CT molecular complexity index is 2900. The fourth-order valence-corrected chi connectivity index (χ4v) is 9.46. The Morgan fingerprint density at radius 1 is 0.400 bits per heavy atom. The summed E-state index contributed by atoms with van der Waals surface area (Å²) in [5.41, 5.74) is 15.4. The van der Waals surface area contributed by atoms with Crippen molar-refractivity contribution in [3.05, 3.63) is 175 Å². The first-order valence-corrected chi connectivity index (χ1v) is 19.4. The summed E-state index contributed by atoms with van der Waals surface area (Å²) >= 11 is 0. The van der Waals surface area contributed by atoms with Crippen molar-refractivity contribution in [3.63, 3.8) is 0 Å². The van der Waals surface area contributed by atoms with Gasteiger partial charge in [0.05, 0.1) is 0 Å². The first-order valence-electron chi connectivity index (χ1n) is 19.4. The molecule has 0 saturated heterocycles. The predicted molar refractivity (Wildman–Crippen MR) is 224 cm³/mol. The molecule has 1 saturated carbocycles. The summed E-state index contributed by atoms with van der Waals surface area (Å²) in [6, 6.07) is 58.2. The van der Waals surface area contributed by atoms with Crippen LogP contribution in [0.2, 0.25) is 0 Å². The summed E-state index contributed by atoms with van der Waals surface area (Å²) in [7, 11) is 0. The van der Waals surface area contributed by atoms with Gasteiger partial charge in [-0.05, 0) is 75.5 Å². The number of hydrogen-bond acceptors (Lipinski definition) is 4. The Hall–Kier alpha value is -6.65. The molecule has 4 heteroatoms. The van der Waals surface area contributed by atoms with E-state index in [9.17, 15) is 0 Å². The van der Waals surface area contributed by atoms with Gasteiger partial charge in [-0.2, -0.15) is 0 Å². The monoisotopic (exact) mass is 707 g/mol. The van der Waals surface area contributed by atoms with E-state index < -0.39 is 0 Å². The van der Waals surface area contributed by atoms with Crippen molar-refractivity contribution in [1.29, 1.82) is 0 Å². The number of para-hydroxylation sites is 1. The van der Waals surface area contributed by atoms with Gasteiger partial charge in [-0.3, -0.25) is 0 Å². The third-order valence-corrected chi connectivity index (χ3v) is 11.9. The molecule has 11 rings (SSSR count). The quantitative estimate of drug-likeness (QED) is 0.179. The van der Waals surface area contributed by atoms with E-state index in [2.05, 4.69) is 103 Å². The molecule has 1 spiro atoms. The molecule has 0 aliphatic heterocycles. The van der Waals surface area contributed by atoms with Gasteiger partial charge in [-0.15, -0.1) is 0 Å². The maximum absolute atomic E-state index is 6.23. The van der Waals surface area contributed by atoms with Gasteiger partial charge in [0.25, 0.3) is 0 Å². The molecule has 0 unspecified atom stereocenters. The third-order valence-electron chi connectivity index (χ3n) is 11.9. The Labute approximate surface area is 320 Å². The summed E-state index contributed by atoms with van der Waals surface area (Å²) in [5, 5.41) is 2.05. The van der Waals surface area contributed by atoms with Crippen LogP contribution in [-0.2, 0) is 5.41 Å². The van der Waals surface area contributed by atoms with E-state index in [0.717, 1.165) is 44.2 Å². The van der Waals surface area contributed by atoms with E-state index in [0.29, 0.717) is 17.5 Å². The SMILES string of the molecule is c1ccc(-c2nc(-c3ccc(-c4cccc(-c5cccc6c5C5(CCCCC5)c5ccccc5-6)c4)cc3)nc(-c3cccc4oc5ccccc5c34)n2)cc1. The average molecular weight is 708 g/mol. The van der Waals surface area contributed by atoms with Crippen LogP contribution in [0.4, 0.5) is 0 Å². The lowest BCUT2D eigenvalue weighted by molar-refractivity contribution is 0.353. The van der Waals surface area contributed by atoms with E-state index >= 15 is 0 Å². The molecule has 7 aromatic carbocycles. The molecule has 55 heavy (non-hydrogen) atoms. The largest absolute Gasteiger partial charge is 0.456 e. The van der Waals surface area contributed by atoms with Crippen molar-refractivity contribution in [3.8, 4) is 67.5 Å².